The number of esters is 4. The van der Waals surface area contributed by atoms with Gasteiger partial charge in [-0.25, -0.2) is 4.79 Å². The van der Waals surface area contributed by atoms with E-state index < -0.39 is 99.6 Å². The van der Waals surface area contributed by atoms with Gasteiger partial charge in [-0.05, 0) is 28.8 Å². The van der Waals surface area contributed by atoms with Crippen LogP contribution in [-0.4, -0.2) is 114 Å². The van der Waals surface area contributed by atoms with E-state index in [9.17, 15) is 38.4 Å². The quantitative estimate of drug-likeness (QED) is 0.159. The van der Waals surface area contributed by atoms with Gasteiger partial charge >= 0.3 is 23.9 Å². The Bertz CT molecular complexity index is 1740. The lowest BCUT2D eigenvalue weighted by atomic mass is 10.0. The zero-order valence-electron chi connectivity index (χ0n) is 27.0. The molecule has 0 bridgehead atoms. The van der Waals surface area contributed by atoms with Crippen LogP contribution in [0.5, 0.6) is 0 Å². The van der Waals surface area contributed by atoms with E-state index in [1.165, 1.54) is 0 Å². The molecule has 1 aliphatic rings. The fourth-order valence-corrected chi connectivity index (χ4v) is 4.27. The minimum Gasteiger partial charge on any atom is -0.454 e. The SMILES string of the molecule is O=C1COC(=O)CNC(=O)COC(=O)C(Cc2ccc(Cn3cc(-c4ccncc4)cn3)cc2)NC(=O)COC(=O)CNC(=O)COC(=O)CN1. The first kappa shape index (κ1) is 37.2. The second-order valence-electron chi connectivity index (χ2n) is 10.7. The van der Waals surface area contributed by atoms with Gasteiger partial charge in [0.1, 0.15) is 25.7 Å². The number of cyclic esters (lactones) is 4. The maximum atomic E-state index is 13.0. The Kier molecular flexibility index (Phi) is 13.7. The van der Waals surface area contributed by atoms with E-state index in [0.717, 1.165) is 16.7 Å². The lowest BCUT2D eigenvalue weighted by molar-refractivity contribution is -0.154. The molecule has 51 heavy (non-hydrogen) atoms. The lowest BCUT2D eigenvalue weighted by Crippen LogP contribution is -2.46. The van der Waals surface area contributed by atoms with Gasteiger partial charge < -0.3 is 40.2 Å². The van der Waals surface area contributed by atoms with E-state index in [0.29, 0.717) is 12.1 Å². The highest BCUT2D eigenvalue weighted by atomic mass is 16.6. The van der Waals surface area contributed by atoms with Crippen molar-refractivity contribution in [1.29, 1.82) is 0 Å². The number of nitrogens with zero attached hydrogens (tertiary/aromatic N) is 3. The third kappa shape index (κ3) is 13.0. The summed E-state index contributed by atoms with van der Waals surface area (Å²) in [5, 5.41) is 13.2. The molecule has 1 unspecified atom stereocenters. The number of rotatable bonds is 5. The number of aromatic nitrogens is 3. The molecule has 2 aromatic heterocycles. The molecule has 268 valence electrons. The van der Waals surface area contributed by atoms with Gasteiger partial charge in [0, 0.05) is 30.6 Å². The van der Waals surface area contributed by atoms with Crippen LogP contribution in [0.25, 0.3) is 11.1 Å². The highest BCUT2D eigenvalue weighted by molar-refractivity contribution is 5.90. The molecule has 0 radical (unpaired) electrons. The summed E-state index contributed by atoms with van der Waals surface area (Å²) in [6.45, 7) is -4.82. The number of carbonyl (C=O) groups is 8. The van der Waals surface area contributed by atoms with Crippen LogP contribution in [0.2, 0.25) is 0 Å². The molecular formula is C32H33N7O12. The maximum Gasteiger partial charge on any atom is 0.329 e. The summed E-state index contributed by atoms with van der Waals surface area (Å²) in [6, 6.07) is 9.48. The van der Waals surface area contributed by atoms with Gasteiger partial charge in [-0.15, -0.1) is 0 Å². The molecule has 4 amide bonds. The zero-order valence-corrected chi connectivity index (χ0v) is 27.0. The fourth-order valence-electron chi connectivity index (χ4n) is 4.27. The number of benzene rings is 1. The van der Waals surface area contributed by atoms with E-state index in [-0.39, 0.29) is 6.42 Å². The normalized spacial score (nSPS) is 18.0. The lowest BCUT2D eigenvalue weighted by Gasteiger charge is -2.18. The van der Waals surface area contributed by atoms with Crippen LogP contribution in [-0.2, 0) is 70.3 Å². The van der Waals surface area contributed by atoms with E-state index >= 15 is 0 Å². The summed E-state index contributed by atoms with van der Waals surface area (Å²) in [5.41, 5.74) is 3.37. The van der Waals surface area contributed by atoms with E-state index in [1.54, 1.807) is 35.4 Å². The van der Waals surface area contributed by atoms with Crippen LogP contribution in [0.1, 0.15) is 11.1 Å². The van der Waals surface area contributed by atoms with Crippen molar-refractivity contribution in [2.45, 2.75) is 19.0 Å². The van der Waals surface area contributed by atoms with Gasteiger partial charge in [0.15, 0.2) is 26.4 Å². The van der Waals surface area contributed by atoms with E-state index in [2.05, 4.69) is 36.1 Å². The first-order valence-electron chi connectivity index (χ1n) is 15.3. The number of carbonyl (C=O) groups excluding carboxylic acids is 8. The Morgan fingerprint density at radius 1 is 0.608 bits per heavy atom. The summed E-state index contributed by atoms with van der Waals surface area (Å²) >= 11 is 0. The number of nitrogens with one attached hydrogen (secondary N) is 4. The number of pyridine rings is 1. The number of amides is 4. The van der Waals surface area contributed by atoms with Crippen LogP contribution in [0, 0.1) is 0 Å². The standard InChI is InChI=1S/C32H33N7O12/c40-25-16-49-30(45)12-36-27(42)18-51-32(47)24(38-28(43)19-50-31(46)13-35-26(41)17-48-29(44)11-34-25)9-20-1-3-21(4-2-20)14-39-15-23(10-37-39)22-5-7-33-8-6-22/h1-8,10,15,24H,9,11-14,16-19H2,(H,34,40)(H,35,41)(H,36,42)(H,38,43). The summed E-state index contributed by atoms with van der Waals surface area (Å²) in [6.07, 6.45) is 6.92. The summed E-state index contributed by atoms with van der Waals surface area (Å²) < 4.78 is 21.0. The first-order chi connectivity index (χ1) is 24.5. The van der Waals surface area contributed by atoms with Crippen molar-refractivity contribution in [3.63, 3.8) is 0 Å². The maximum absolute atomic E-state index is 13.0. The van der Waals surface area contributed by atoms with Crippen molar-refractivity contribution in [3.05, 3.63) is 72.3 Å². The Balaban J connectivity index is 1.38. The molecule has 3 heterocycles. The fraction of sp³-hybridized carbons (Fsp3) is 0.312. The third-order valence-corrected chi connectivity index (χ3v) is 6.80. The summed E-state index contributed by atoms with van der Waals surface area (Å²) in [7, 11) is 0. The highest BCUT2D eigenvalue weighted by Gasteiger charge is 2.25. The van der Waals surface area contributed by atoms with Gasteiger partial charge in [-0.2, -0.15) is 5.10 Å². The second kappa shape index (κ2) is 18.8. The van der Waals surface area contributed by atoms with Gasteiger partial charge in [-0.1, -0.05) is 24.3 Å². The summed E-state index contributed by atoms with van der Waals surface area (Å²) in [4.78, 5) is 101. The minimum absolute atomic E-state index is 0.0858. The molecule has 3 aromatic rings. The molecule has 1 atom stereocenters. The Hall–Kier alpha value is -6.66. The van der Waals surface area contributed by atoms with Crippen LogP contribution < -0.4 is 21.3 Å². The van der Waals surface area contributed by atoms with Crippen LogP contribution in [0.3, 0.4) is 0 Å². The summed E-state index contributed by atoms with van der Waals surface area (Å²) in [5.74, 6) is -7.58. The first-order valence-corrected chi connectivity index (χ1v) is 15.3. The Morgan fingerprint density at radius 3 is 1.65 bits per heavy atom. The number of ether oxygens (including phenoxy) is 4. The average molecular weight is 708 g/mol. The van der Waals surface area contributed by atoms with E-state index in [4.69, 9.17) is 14.2 Å². The molecule has 4 N–H and O–H groups in total. The van der Waals surface area contributed by atoms with Gasteiger partial charge in [0.25, 0.3) is 23.6 Å². The topological polar surface area (TPSA) is 252 Å². The molecular weight excluding hydrogens is 674 g/mol. The van der Waals surface area contributed by atoms with Gasteiger partial charge in [0.05, 0.1) is 12.7 Å². The van der Waals surface area contributed by atoms with Crippen molar-refractivity contribution < 1.29 is 57.3 Å². The predicted molar refractivity (Wildman–Crippen MR) is 170 cm³/mol. The van der Waals surface area contributed by atoms with Crippen LogP contribution in [0.4, 0.5) is 0 Å². The van der Waals surface area contributed by atoms with Crippen molar-refractivity contribution in [1.82, 2.24) is 36.0 Å². The average Bonchev–Trinajstić information content (AvgIpc) is 3.60. The van der Waals surface area contributed by atoms with Crippen molar-refractivity contribution in [2.24, 2.45) is 0 Å². The van der Waals surface area contributed by atoms with Crippen molar-refractivity contribution in [2.75, 3.05) is 46.1 Å². The molecule has 0 aliphatic carbocycles. The van der Waals surface area contributed by atoms with Crippen molar-refractivity contribution >= 4 is 47.5 Å². The molecule has 1 saturated heterocycles. The van der Waals surface area contributed by atoms with Gasteiger partial charge in [0.2, 0.25) is 0 Å². The molecule has 1 aliphatic heterocycles. The molecule has 4 rings (SSSR count). The number of hydrogen-bond acceptors (Lipinski definition) is 14. The molecule has 19 nitrogen and oxygen atoms in total. The molecule has 0 saturated carbocycles. The Labute approximate surface area is 289 Å². The molecule has 19 heteroatoms. The van der Waals surface area contributed by atoms with Crippen LogP contribution >= 0.6 is 0 Å². The monoisotopic (exact) mass is 707 g/mol. The van der Waals surface area contributed by atoms with Crippen molar-refractivity contribution in [3.8, 4) is 11.1 Å². The predicted octanol–water partition coefficient (Wildman–Crippen LogP) is -2.44. The molecule has 0 spiro atoms. The second-order valence-corrected chi connectivity index (χ2v) is 10.7. The largest absolute Gasteiger partial charge is 0.454 e. The van der Waals surface area contributed by atoms with E-state index in [1.807, 2.05) is 30.5 Å². The minimum atomic E-state index is -1.34. The smallest absolute Gasteiger partial charge is 0.329 e. The molecule has 1 aromatic carbocycles. The molecule has 1 fully saturated rings. The third-order valence-electron chi connectivity index (χ3n) is 6.80. The number of hydrogen-bond donors (Lipinski definition) is 4. The Morgan fingerprint density at radius 2 is 1.10 bits per heavy atom. The van der Waals surface area contributed by atoms with Crippen LogP contribution in [0.15, 0.2) is 61.2 Å². The highest BCUT2D eigenvalue weighted by Crippen LogP contribution is 2.18. The zero-order chi connectivity index (χ0) is 36.6. The van der Waals surface area contributed by atoms with Gasteiger partial charge in [-0.3, -0.25) is 43.2 Å².